The number of rotatable bonds is 8. The van der Waals surface area contributed by atoms with Crippen LogP contribution in [0.2, 0.25) is 0 Å². The number of hydrogen-bond acceptors (Lipinski definition) is 5. The molecule has 1 heterocycles. The van der Waals surface area contributed by atoms with Gasteiger partial charge in [0.05, 0.1) is 13.0 Å². The molecular formula is C14H26N4O4. The van der Waals surface area contributed by atoms with Gasteiger partial charge in [-0.05, 0) is 7.05 Å². The van der Waals surface area contributed by atoms with Gasteiger partial charge in [-0.1, -0.05) is 0 Å². The van der Waals surface area contributed by atoms with Crippen molar-refractivity contribution in [1.29, 1.82) is 0 Å². The number of carboxylic acid groups (broad SMARTS) is 1. The Labute approximate surface area is 131 Å². The standard InChI is InChI=1S/C14H26N4O4/c1-16-7-9-18(10-8-16)11-13(20)17(2)6-5-15-12(19)3-4-14(21)22/h3-11H2,1-2H3,(H,15,19)(H,21,22). The number of carboxylic acids is 1. The highest BCUT2D eigenvalue weighted by Gasteiger charge is 2.18. The van der Waals surface area contributed by atoms with Crippen molar-refractivity contribution >= 4 is 17.8 Å². The van der Waals surface area contributed by atoms with Crippen molar-refractivity contribution < 1.29 is 19.5 Å². The number of carbonyl (C=O) groups is 3. The summed E-state index contributed by atoms with van der Waals surface area (Å²) in [6, 6.07) is 0. The molecule has 22 heavy (non-hydrogen) atoms. The lowest BCUT2D eigenvalue weighted by Gasteiger charge is -2.32. The number of piperazine rings is 1. The topological polar surface area (TPSA) is 93.2 Å². The highest BCUT2D eigenvalue weighted by molar-refractivity contribution is 5.80. The lowest BCUT2D eigenvalue weighted by atomic mass is 10.3. The van der Waals surface area contributed by atoms with Crippen LogP contribution in [0.1, 0.15) is 12.8 Å². The van der Waals surface area contributed by atoms with Crippen LogP contribution in [0.25, 0.3) is 0 Å². The second-order valence-electron chi connectivity index (χ2n) is 5.64. The summed E-state index contributed by atoms with van der Waals surface area (Å²) in [5.41, 5.74) is 0. The second-order valence-corrected chi connectivity index (χ2v) is 5.64. The maximum atomic E-state index is 12.1. The molecule has 0 radical (unpaired) electrons. The van der Waals surface area contributed by atoms with Gasteiger partial charge in [-0.15, -0.1) is 0 Å². The second kappa shape index (κ2) is 9.37. The van der Waals surface area contributed by atoms with Crippen LogP contribution in [0.5, 0.6) is 0 Å². The Morgan fingerprint density at radius 3 is 2.36 bits per heavy atom. The van der Waals surface area contributed by atoms with Gasteiger partial charge in [-0.25, -0.2) is 0 Å². The van der Waals surface area contributed by atoms with Crippen LogP contribution in [0, 0.1) is 0 Å². The first-order chi connectivity index (χ1) is 10.4. The first-order valence-electron chi connectivity index (χ1n) is 7.52. The molecular weight excluding hydrogens is 288 g/mol. The van der Waals surface area contributed by atoms with Gasteiger partial charge in [-0.2, -0.15) is 0 Å². The minimum atomic E-state index is -0.991. The van der Waals surface area contributed by atoms with Crippen LogP contribution >= 0.6 is 0 Å². The third-order valence-corrected chi connectivity index (χ3v) is 3.72. The van der Waals surface area contributed by atoms with E-state index in [1.165, 1.54) is 0 Å². The SMILES string of the molecule is CN1CCN(CC(=O)N(C)CCNC(=O)CCC(=O)O)CC1. The molecule has 126 valence electrons. The van der Waals surface area contributed by atoms with E-state index in [0.29, 0.717) is 19.6 Å². The zero-order chi connectivity index (χ0) is 16.5. The van der Waals surface area contributed by atoms with E-state index < -0.39 is 5.97 Å². The van der Waals surface area contributed by atoms with E-state index in [1.807, 2.05) is 0 Å². The molecule has 0 aromatic carbocycles. The summed E-state index contributed by atoms with van der Waals surface area (Å²) >= 11 is 0. The molecule has 0 saturated carbocycles. The average Bonchev–Trinajstić information content (AvgIpc) is 2.47. The summed E-state index contributed by atoms with van der Waals surface area (Å²) in [6.07, 6.45) is -0.210. The fourth-order valence-corrected chi connectivity index (χ4v) is 2.11. The number of amides is 2. The van der Waals surface area contributed by atoms with Gasteiger partial charge < -0.3 is 20.2 Å². The molecule has 1 rings (SSSR count). The Morgan fingerprint density at radius 1 is 1.14 bits per heavy atom. The minimum absolute atomic E-state index is 0.0318. The van der Waals surface area contributed by atoms with Gasteiger partial charge in [0.1, 0.15) is 0 Å². The van der Waals surface area contributed by atoms with Crippen molar-refractivity contribution in [3.05, 3.63) is 0 Å². The van der Waals surface area contributed by atoms with E-state index in [0.717, 1.165) is 26.2 Å². The molecule has 8 nitrogen and oxygen atoms in total. The van der Waals surface area contributed by atoms with Gasteiger partial charge in [0.15, 0.2) is 0 Å². The Kier molecular flexibility index (Phi) is 7.83. The summed E-state index contributed by atoms with van der Waals surface area (Å²) in [5.74, 6) is -1.26. The minimum Gasteiger partial charge on any atom is -0.481 e. The van der Waals surface area contributed by atoms with Crippen molar-refractivity contribution in [3.63, 3.8) is 0 Å². The van der Waals surface area contributed by atoms with Crippen molar-refractivity contribution in [3.8, 4) is 0 Å². The fraction of sp³-hybridized carbons (Fsp3) is 0.786. The van der Waals surface area contributed by atoms with Crippen LogP contribution in [0.4, 0.5) is 0 Å². The molecule has 1 aliphatic heterocycles. The number of nitrogens with zero attached hydrogens (tertiary/aromatic N) is 3. The van der Waals surface area contributed by atoms with E-state index >= 15 is 0 Å². The summed E-state index contributed by atoms with van der Waals surface area (Å²) in [5, 5.41) is 11.1. The van der Waals surface area contributed by atoms with E-state index in [-0.39, 0.29) is 24.7 Å². The van der Waals surface area contributed by atoms with Crippen molar-refractivity contribution in [2.45, 2.75) is 12.8 Å². The monoisotopic (exact) mass is 314 g/mol. The lowest BCUT2D eigenvalue weighted by Crippen LogP contribution is -2.49. The summed E-state index contributed by atoms with van der Waals surface area (Å²) < 4.78 is 0. The predicted octanol–water partition coefficient (Wildman–Crippen LogP) is -1.33. The smallest absolute Gasteiger partial charge is 0.303 e. The molecule has 2 N–H and O–H groups in total. The molecule has 1 aliphatic rings. The van der Waals surface area contributed by atoms with Crippen molar-refractivity contribution in [2.24, 2.45) is 0 Å². The van der Waals surface area contributed by atoms with Crippen molar-refractivity contribution in [2.75, 3.05) is 59.9 Å². The van der Waals surface area contributed by atoms with Crippen LogP contribution < -0.4 is 5.32 Å². The molecule has 0 aliphatic carbocycles. The molecule has 0 bridgehead atoms. The summed E-state index contributed by atoms with van der Waals surface area (Å²) in [7, 11) is 3.78. The first kappa shape index (κ1) is 18.4. The number of nitrogens with one attached hydrogen (secondary N) is 1. The maximum Gasteiger partial charge on any atom is 0.303 e. The zero-order valence-electron chi connectivity index (χ0n) is 13.4. The highest BCUT2D eigenvalue weighted by atomic mass is 16.4. The third kappa shape index (κ3) is 7.37. The number of hydrogen-bond donors (Lipinski definition) is 2. The van der Waals surface area contributed by atoms with Crippen LogP contribution in [-0.4, -0.2) is 97.5 Å². The molecule has 0 spiro atoms. The number of carbonyl (C=O) groups excluding carboxylic acids is 2. The van der Waals surface area contributed by atoms with Gasteiger partial charge >= 0.3 is 5.97 Å². The number of aliphatic carboxylic acids is 1. The normalized spacial score (nSPS) is 16.3. The summed E-state index contributed by atoms with van der Waals surface area (Å²) in [4.78, 5) is 39.7. The molecule has 0 aromatic rings. The van der Waals surface area contributed by atoms with Crippen molar-refractivity contribution in [1.82, 2.24) is 20.0 Å². The predicted molar refractivity (Wildman–Crippen MR) is 81.5 cm³/mol. The largest absolute Gasteiger partial charge is 0.481 e. The third-order valence-electron chi connectivity index (χ3n) is 3.72. The van der Waals surface area contributed by atoms with Gasteiger partial charge in [0, 0.05) is 52.7 Å². The van der Waals surface area contributed by atoms with E-state index in [9.17, 15) is 14.4 Å². The van der Waals surface area contributed by atoms with Crippen LogP contribution in [-0.2, 0) is 14.4 Å². The summed E-state index contributed by atoms with van der Waals surface area (Å²) in [6.45, 7) is 4.88. The van der Waals surface area contributed by atoms with E-state index in [1.54, 1.807) is 11.9 Å². The van der Waals surface area contributed by atoms with Gasteiger partial charge in [0.2, 0.25) is 11.8 Å². The van der Waals surface area contributed by atoms with Gasteiger partial charge in [-0.3, -0.25) is 19.3 Å². The maximum absolute atomic E-state index is 12.1. The molecule has 1 saturated heterocycles. The average molecular weight is 314 g/mol. The Bertz CT molecular complexity index is 394. The Hall–Kier alpha value is -1.67. The van der Waals surface area contributed by atoms with E-state index in [4.69, 9.17) is 5.11 Å². The molecule has 1 fully saturated rings. The fourth-order valence-electron chi connectivity index (χ4n) is 2.11. The lowest BCUT2D eigenvalue weighted by molar-refractivity contribution is -0.138. The zero-order valence-corrected chi connectivity index (χ0v) is 13.4. The Morgan fingerprint density at radius 2 is 1.77 bits per heavy atom. The molecule has 2 amide bonds. The molecule has 8 heteroatoms. The quantitative estimate of drug-likeness (QED) is 0.577. The Balaban J connectivity index is 2.16. The van der Waals surface area contributed by atoms with E-state index in [2.05, 4.69) is 22.2 Å². The van der Waals surface area contributed by atoms with Crippen LogP contribution in [0.3, 0.4) is 0 Å². The molecule has 0 aromatic heterocycles. The number of likely N-dealkylation sites (N-methyl/N-ethyl adjacent to an activating group) is 2. The highest BCUT2D eigenvalue weighted by Crippen LogP contribution is 1.99. The molecule has 0 unspecified atom stereocenters. The molecule has 0 atom stereocenters. The van der Waals surface area contributed by atoms with Gasteiger partial charge in [0.25, 0.3) is 0 Å². The van der Waals surface area contributed by atoms with Crippen LogP contribution in [0.15, 0.2) is 0 Å². The first-order valence-corrected chi connectivity index (χ1v) is 7.52.